The van der Waals surface area contributed by atoms with E-state index in [2.05, 4.69) is 15.0 Å². The van der Waals surface area contributed by atoms with E-state index in [1.807, 2.05) is 0 Å². The van der Waals surface area contributed by atoms with Crippen molar-refractivity contribution in [1.29, 1.82) is 0 Å². The second-order valence-corrected chi connectivity index (χ2v) is 5.85. The minimum Gasteiger partial charge on any atom is -0.465 e. The van der Waals surface area contributed by atoms with Crippen molar-refractivity contribution in [2.24, 2.45) is 0 Å². The van der Waals surface area contributed by atoms with Crippen LogP contribution in [-0.2, 0) is 22.1 Å². The number of pyridine rings is 1. The number of hydrogen-bond donors (Lipinski definition) is 1. The second kappa shape index (κ2) is 8.51. The zero-order valence-electron chi connectivity index (χ0n) is 14.2. The van der Waals surface area contributed by atoms with Crippen molar-refractivity contribution >= 4 is 29.2 Å². The maximum Gasteiger partial charge on any atom is 0.433 e. The standard InChI is InChI=1S/C17H12ClF5N2O3/c1-28-16(27)9-2-5-13(17(21,22)23)25-15(9)24-7-8(26)6-10-11(19)3-4-12(20)14(10)18/h2-5H,6-7H2,1H3,(H,24,25). The fourth-order valence-corrected chi connectivity index (χ4v) is 2.42. The van der Waals surface area contributed by atoms with Crippen LogP contribution in [0, 0.1) is 11.6 Å². The van der Waals surface area contributed by atoms with Gasteiger partial charge in [0.1, 0.15) is 28.7 Å². The SMILES string of the molecule is COC(=O)c1ccc(C(F)(F)F)nc1NCC(=O)Cc1c(F)ccc(F)c1Cl. The monoisotopic (exact) mass is 422 g/mol. The Kier molecular flexibility index (Phi) is 6.55. The number of halogens is 6. The highest BCUT2D eigenvalue weighted by atomic mass is 35.5. The third-order valence-corrected chi connectivity index (χ3v) is 3.97. The quantitative estimate of drug-likeness (QED) is 0.432. The third kappa shape index (κ3) is 4.94. The molecule has 150 valence electrons. The number of ether oxygens (including phenoxy) is 1. The van der Waals surface area contributed by atoms with Gasteiger partial charge in [0, 0.05) is 12.0 Å². The molecule has 0 amide bonds. The van der Waals surface area contributed by atoms with Crippen LogP contribution in [0.25, 0.3) is 0 Å². The lowest BCUT2D eigenvalue weighted by molar-refractivity contribution is -0.141. The van der Waals surface area contributed by atoms with E-state index in [4.69, 9.17) is 11.6 Å². The maximum atomic E-state index is 13.7. The van der Waals surface area contributed by atoms with E-state index >= 15 is 0 Å². The molecule has 5 nitrogen and oxygen atoms in total. The third-order valence-electron chi connectivity index (χ3n) is 3.56. The second-order valence-electron chi connectivity index (χ2n) is 5.47. The minimum absolute atomic E-state index is 0.335. The predicted octanol–water partition coefficient (Wildman–Crippen LogP) is 4.04. The van der Waals surface area contributed by atoms with Gasteiger partial charge in [-0.05, 0) is 24.3 Å². The first-order valence-corrected chi connectivity index (χ1v) is 7.97. The molecule has 11 heteroatoms. The molecule has 0 aliphatic rings. The molecule has 28 heavy (non-hydrogen) atoms. The van der Waals surface area contributed by atoms with Crippen molar-refractivity contribution in [3.63, 3.8) is 0 Å². The molecule has 0 saturated heterocycles. The molecule has 0 saturated carbocycles. The molecule has 0 fully saturated rings. The number of ketones is 1. The summed E-state index contributed by atoms with van der Waals surface area (Å²) in [5, 5.41) is 1.73. The largest absolute Gasteiger partial charge is 0.465 e. The molecule has 1 N–H and O–H groups in total. The number of anilines is 1. The number of aromatic nitrogens is 1. The van der Waals surface area contributed by atoms with Crippen LogP contribution in [0.5, 0.6) is 0 Å². The van der Waals surface area contributed by atoms with E-state index in [1.54, 1.807) is 0 Å². The summed E-state index contributed by atoms with van der Waals surface area (Å²) in [6.45, 7) is -0.620. The number of alkyl halides is 3. The molecule has 0 atom stereocenters. The Morgan fingerprint density at radius 1 is 1.14 bits per heavy atom. The summed E-state index contributed by atoms with van der Waals surface area (Å²) in [6.07, 6.45) is -5.41. The summed E-state index contributed by atoms with van der Waals surface area (Å²) >= 11 is 5.63. The van der Waals surface area contributed by atoms with Crippen LogP contribution in [0.2, 0.25) is 5.02 Å². The van der Waals surface area contributed by atoms with E-state index < -0.39 is 64.6 Å². The normalized spacial score (nSPS) is 11.2. The number of carbonyl (C=O) groups excluding carboxylic acids is 2. The van der Waals surface area contributed by atoms with Crippen molar-refractivity contribution in [2.45, 2.75) is 12.6 Å². The van der Waals surface area contributed by atoms with Crippen LogP contribution in [0.4, 0.5) is 27.8 Å². The van der Waals surface area contributed by atoms with Crippen molar-refractivity contribution in [3.05, 3.63) is 57.7 Å². The molecule has 0 aliphatic heterocycles. The molecule has 0 unspecified atom stereocenters. The van der Waals surface area contributed by atoms with Gasteiger partial charge in [-0.3, -0.25) is 4.79 Å². The van der Waals surface area contributed by atoms with Gasteiger partial charge in [-0.1, -0.05) is 11.6 Å². The van der Waals surface area contributed by atoms with Crippen molar-refractivity contribution in [3.8, 4) is 0 Å². The summed E-state index contributed by atoms with van der Waals surface area (Å²) < 4.78 is 70.1. The molecule has 2 rings (SSSR count). The number of rotatable bonds is 6. The number of benzene rings is 1. The van der Waals surface area contributed by atoms with Crippen LogP contribution in [0.3, 0.4) is 0 Å². The molecule has 0 radical (unpaired) electrons. The lowest BCUT2D eigenvalue weighted by atomic mass is 10.1. The maximum absolute atomic E-state index is 13.7. The van der Waals surface area contributed by atoms with Gasteiger partial charge in [0.05, 0.1) is 18.7 Å². The molecule has 1 aromatic heterocycles. The van der Waals surface area contributed by atoms with Crippen molar-refractivity contribution in [1.82, 2.24) is 4.98 Å². The van der Waals surface area contributed by atoms with Gasteiger partial charge in [0.15, 0.2) is 5.78 Å². The van der Waals surface area contributed by atoms with Crippen LogP contribution < -0.4 is 5.32 Å². The lowest BCUT2D eigenvalue weighted by Gasteiger charge is -2.13. The molecule has 0 spiro atoms. The minimum atomic E-state index is -4.78. The first-order valence-electron chi connectivity index (χ1n) is 7.59. The smallest absolute Gasteiger partial charge is 0.433 e. The Bertz CT molecular complexity index is 918. The molecule has 0 bridgehead atoms. The number of Topliss-reactive ketones (excluding diaryl/α,β-unsaturated/α-hetero) is 1. The van der Waals surface area contributed by atoms with Gasteiger partial charge in [-0.15, -0.1) is 0 Å². The van der Waals surface area contributed by atoms with Gasteiger partial charge >= 0.3 is 12.1 Å². The van der Waals surface area contributed by atoms with Crippen LogP contribution in [0.1, 0.15) is 21.6 Å². The number of hydrogen-bond acceptors (Lipinski definition) is 5. The first kappa shape index (κ1) is 21.5. The zero-order valence-corrected chi connectivity index (χ0v) is 14.9. The van der Waals surface area contributed by atoms with E-state index in [-0.39, 0.29) is 5.56 Å². The summed E-state index contributed by atoms with van der Waals surface area (Å²) in [4.78, 5) is 27.0. The Morgan fingerprint density at radius 2 is 1.79 bits per heavy atom. The number of nitrogens with one attached hydrogen (secondary N) is 1. The van der Waals surface area contributed by atoms with Gasteiger partial charge < -0.3 is 10.1 Å². The molecular formula is C17H12ClF5N2O3. The molecule has 2 aromatic rings. The number of nitrogens with zero attached hydrogens (tertiary/aromatic N) is 1. The van der Waals surface area contributed by atoms with Gasteiger partial charge in [-0.2, -0.15) is 13.2 Å². The van der Waals surface area contributed by atoms with E-state index in [0.29, 0.717) is 6.07 Å². The van der Waals surface area contributed by atoms with Crippen molar-refractivity contribution in [2.75, 3.05) is 19.0 Å². The summed E-state index contributed by atoms with van der Waals surface area (Å²) in [7, 11) is 1.02. The highest BCUT2D eigenvalue weighted by molar-refractivity contribution is 6.31. The average Bonchev–Trinajstić information content (AvgIpc) is 2.65. The average molecular weight is 423 g/mol. The first-order chi connectivity index (χ1) is 13.0. The Hall–Kier alpha value is -2.75. The predicted molar refractivity (Wildman–Crippen MR) is 89.1 cm³/mol. The van der Waals surface area contributed by atoms with E-state index in [0.717, 1.165) is 25.3 Å². The van der Waals surface area contributed by atoms with Crippen LogP contribution >= 0.6 is 11.6 Å². The fourth-order valence-electron chi connectivity index (χ4n) is 2.20. The Labute approximate surface area is 160 Å². The lowest BCUT2D eigenvalue weighted by Crippen LogP contribution is -2.21. The summed E-state index contributed by atoms with van der Waals surface area (Å²) in [5.41, 5.74) is -2.02. The zero-order chi connectivity index (χ0) is 21.1. The van der Waals surface area contributed by atoms with Crippen LogP contribution in [0.15, 0.2) is 24.3 Å². The molecule has 1 aromatic carbocycles. The van der Waals surface area contributed by atoms with Crippen LogP contribution in [-0.4, -0.2) is 30.4 Å². The van der Waals surface area contributed by atoms with E-state index in [9.17, 15) is 31.5 Å². The van der Waals surface area contributed by atoms with Crippen molar-refractivity contribution < 1.29 is 36.3 Å². The van der Waals surface area contributed by atoms with Gasteiger partial charge in [0.2, 0.25) is 0 Å². The number of esters is 1. The molecule has 0 aliphatic carbocycles. The Balaban J connectivity index is 2.22. The number of methoxy groups -OCH3 is 1. The highest BCUT2D eigenvalue weighted by Crippen LogP contribution is 2.30. The Morgan fingerprint density at radius 3 is 2.39 bits per heavy atom. The number of carbonyl (C=O) groups is 2. The highest BCUT2D eigenvalue weighted by Gasteiger charge is 2.33. The molecule has 1 heterocycles. The summed E-state index contributed by atoms with van der Waals surface area (Å²) in [5.74, 6) is -4.09. The van der Waals surface area contributed by atoms with E-state index in [1.165, 1.54) is 0 Å². The van der Waals surface area contributed by atoms with Gasteiger partial charge in [-0.25, -0.2) is 18.6 Å². The topological polar surface area (TPSA) is 68.3 Å². The van der Waals surface area contributed by atoms with Gasteiger partial charge in [0.25, 0.3) is 0 Å². The fraction of sp³-hybridized carbons (Fsp3) is 0.235. The molecular weight excluding hydrogens is 411 g/mol. The summed E-state index contributed by atoms with van der Waals surface area (Å²) in [6, 6.07) is 3.01.